The van der Waals surface area contributed by atoms with Crippen LogP contribution in [0.4, 0.5) is 24.5 Å². The van der Waals surface area contributed by atoms with E-state index in [1.165, 1.54) is 18.2 Å². The number of nitrogens with zero attached hydrogens (tertiary/aromatic N) is 4. The predicted molar refractivity (Wildman–Crippen MR) is 143 cm³/mol. The lowest BCUT2D eigenvalue weighted by molar-refractivity contribution is -0.274. The van der Waals surface area contributed by atoms with E-state index >= 15 is 0 Å². The summed E-state index contributed by atoms with van der Waals surface area (Å²) < 4.78 is 44.3. The lowest BCUT2D eigenvalue weighted by atomic mass is 9.90. The second-order valence-electron chi connectivity index (χ2n) is 9.49. The number of hydrogen-bond acceptors (Lipinski definition) is 5. The van der Waals surface area contributed by atoms with Crippen molar-refractivity contribution in [3.63, 3.8) is 0 Å². The normalized spacial score (nSPS) is 18.4. The summed E-state index contributed by atoms with van der Waals surface area (Å²) in [6.07, 6.45) is -0.137. The van der Waals surface area contributed by atoms with Crippen molar-refractivity contribution < 1.29 is 22.7 Å². The maximum Gasteiger partial charge on any atom is 0.573 e. The van der Waals surface area contributed by atoms with Gasteiger partial charge in [0, 0.05) is 36.0 Å². The molecule has 3 heterocycles. The van der Waals surface area contributed by atoms with Gasteiger partial charge in [-0.2, -0.15) is 4.99 Å². The minimum Gasteiger partial charge on any atom is -0.405 e. The number of rotatable bonds is 5. The zero-order chi connectivity index (χ0) is 27.7. The van der Waals surface area contributed by atoms with Crippen LogP contribution in [0.15, 0.2) is 78.0 Å². The van der Waals surface area contributed by atoms with E-state index in [-0.39, 0.29) is 17.4 Å². The number of nitrogens with two attached hydrogens (primary N) is 2. The fourth-order valence-corrected chi connectivity index (χ4v) is 5.03. The molecule has 2 unspecified atom stereocenters. The summed E-state index contributed by atoms with van der Waals surface area (Å²) in [5.41, 5.74) is 16.1. The summed E-state index contributed by atoms with van der Waals surface area (Å²) in [6, 6.07) is 17.1. The molecule has 1 saturated heterocycles. The number of piperidine rings is 1. The molecule has 2 aromatic heterocycles. The van der Waals surface area contributed by atoms with E-state index in [4.69, 9.17) is 11.5 Å². The van der Waals surface area contributed by atoms with Crippen LogP contribution in [-0.2, 0) is 4.79 Å². The number of anilines is 2. The first-order valence-electron chi connectivity index (χ1n) is 12.4. The summed E-state index contributed by atoms with van der Waals surface area (Å²) in [7, 11) is 0. The third-order valence-corrected chi connectivity index (χ3v) is 6.88. The number of alkyl halides is 3. The maximum atomic E-state index is 13.0. The molecule has 0 saturated carbocycles. The van der Waals surface area contributed by atoms with Gasteiger partial charge in [-0.15, -0.1) is 13.2 Å². The number of aromatic nitrogens is 2. The SMILES string of the molecule is CC1CC(C(=O)N=C(N)c2ccccc2OC(F)(F)F)CCN1c1cccc(-c2cnc3c(N)cccn23)c1. The number of pyridine rings is 1. The number of benzene rings is 2. The summed E-state index contributed by atoms with van der Waals surface area (Å²) in [5, 5.41) is 0. The lowest BCUT2D eigenvalue weighted by Gasteiger charge is -2.38. The van der Waals surface area contributed by atoms with E-state index in [0.29, 0.717) is 30.7 Å². The van der Waals surface area contributed by atoms with Crippen molar-refractivity contribution in [3.8, 4) is 17.0 Å². The Morgan fingerprint density at radius 1 is 1.13 bits per heavy atom. The number of carbonyl (C=O) groups excluding carboxylic acids is 1. The van der Waals surface area contributed by atoms with Crippen molar-refractivity contribution in [1.82, 2.24) is 9.38 Å². The van der Waals surface area contributed by atoms with Gasteiger partial charge in [-0.25, -0.2) is 4.98 Å². The van der Waals surface area contributed by atoms with Gasteiger partial charge < -0.3 is 21.1 Å². The molecule has 2 atom stereocenters. The van der Waals surface area contributed by atoms with E-state index < -0.39 is 23.9 Å². The molecule has 1 amide bonds. The Labute approximate surface area is 222 Å². The molecular formula is C28H27F3N6O2. The fraction of sp³-hybridized carbons (Fsp3) is 0.250. The first kappa shape index (κ1) is 26.1. The third kappa shape index (κ3) is 5.52. The van der Waals surface area contributed by atoms with Crippen molar-refractivity contribution in [2.45, 2.75) is 32.2 Å². The maximum absolute atomic E-state index is 13.0. The van der Waals surface area contributed by atoms with Crippen LogP contribution in [0.5, 0.6) is 5.75 Å². The topological polar surface area (TPSA) is 111 Å². The number of amides is 1. The van der Waals surface area contributed by atoms with Crippen LogP contribution in [0.2, 0.25) is 0 Å². The van der Waals surface area contributed by atoms with Crippen molar-refractivity contribution in [1.29, 1.82) is 0 Å². The van der Waals surface area contributed by atoms with Gasteiger partial charge in [-0.3, -0.25) is 9.20 Å². The number of amidine groups is 1. The second kappa shape index (κ2) is 10.3. The van der Waals surface area contributed by atoms with E-state index in [1.807, 2.05) is 47.9 Å². The van der Waals surface area contributed by atoms with Gasteiger partial charge in [0.05, 0.1) is 23.1 Å². The van der Waals surface area contributed by atoms with Gasteiger partial charge in [0.2, 0.25) is 0 Å². The summed E-state index contributed by atoms with van der Waals surface area (Å²) in [5.74, 6) is -1.68. The molecular weight excluding hydrogens is 509 g/mol. The molecule has 0 aliphatic carbocycles. The molecule has 4 N–H and O–H groups in total. The lowest BCUT2D eigenvalue weighted by Crippen LogP contribution is -2.42. The average molecular weight is 537 g/mol. The first-order chi connectivity index (χ1) is 18.6. The van der Waals surface area contributed by atoms with E-state index in [9.17, 15) is 18.0 Å². The molecule has 2 aromatic carbocycles. The highest BCUT2D eigenvalue weighted by Gasteiger charge is 2.33. The van der Waals surface area contributed by atoms with E-state index in [1.54, 1.807) is 6.20 Å². The molecule has 11 heteroatoms. The van der Waals surface area contributed by atoms with Crippen LogP contribution in [0, 0.1) is 5.92 Å². The van der Waals surface area contributed by atoms with Crippen molar-refractivity contribution in [2.24, 2.45) is 16.6 Å². The molecule has 0 radical (unpaired) electrons. The number of aliphatic imine (C=N–C) groups is 1. The number of fused-ring (bicyclic) bond motifs is 1. The highest BCUT2D eigenvalue weighted by molar-refractivity contribution is 6.06. The largest absolute Gasteiger partial charge is 0.573 e. The summed E-state index contributed by atoms with van der Waals surface area (Å²) in [6.45, 7) is 2.63. The van der Waals surface area contributed by atoms with E-state index in [2.05, 4.69) is 25.7 Å². The number of nitrogen functional groups attached to an aromatic ring is 1. The monoisotopic (exact) mass is 536 g/mol. The molecule has 4 aromatic rings. The van der Waals surface area contributed by atoms with Gasteiger partial charge >= 0.3 is 6.36 Å². The zero-order valence-corrected chi connectivity index (χ0v) is 21.1. The first-order valence-corrected chi connectivity index (χ1v) is 12.4. The summed E-state index contributed by atoms with van der Waals surface area (Å²) in [4.78, 5) is 23.6. The minimum atomic E-state index is -4.89. The smallest absolute Gasteiger partial charge is 0.405 e. The van der Waals surface area contributed by atoms with Crippen LogP contribution >= 0.6 is 0 Å². The standard InChI is InChI=1S/C28H27F3N6O2/c1-17-14-19(27(38)35-25(33)21-8-2-3-10-24(21)39-28(29,30)31)11-13-36(17)20-7-4-6-18(15-20)23-16-34-26-22(32)9-5-12-37(23)26/h2-10,12,15-17,19H,11,13-14,32H2,1H3,(H2,33,35,38). The Balaban J connectivity index is 1.31. The Morgan fingerprint density at radius 3 is 2.69 bits per heavy atom. The number of halogens is 3. The molecule has 0 bridgehead atoms. The number of imidazole rings is 1. The molecule has 1 aliphatic rings. The average Bonchev–Trinajstić information content (AvgIpc) is 3.33. The quantitative estimate of drug-likeness (QED) is 0.274. The van der Waals surface area contributed by atoms with Crippen LogP contribution in [0.3, 0.4) is 0 Å². The Morgan fingerprint density at radius 2 is 1.92 bits per heavy atom. The molecule has 1 aliphatic heterocycles. The highest BCUT2D eigenvalue weighted by atomic mass is 19.4. The van der Waals surface area contributed by atoms with Gasteiger partial charge in [0.1, 0.15) is 11.6 Å². The van der Waals surface area contributed by atoms with E-state index in [0.717, 1.165) is 23.0 Å². The molecule has 39 heavy (non-hydrogen) atoms. The number of para-hydroxylation sites is 1. The van der Waals surface area contributed by atoms with Gasteiger partial charge in [0.25, 0.3) is 5.91 Å². The predicted octanol–water partition coefficient (Wildman–Crippen LogP) is 5.02. The molecule has 1 fully saturated rings. The van der Waals surface area contributed by atoms with Gasteiger partial charge in [-0.05, 0) is 56.2 Å². The Bertz CT molecular complexity index is 1550. The van der Waals surface area contributed by atoms with Crippen LogP contribution in [0.25, 0.3) is 16.9 Å². The number of carbonyl (C=O) groups is 1. The molecule has 0 spiro atoms. The third-order valence-electron chi connectivity index (χ3n) is 6.88. The van der Waals surface area contributed by atoms with Crippen LogP contribution < -0.4 is 21.1 Å². The number of hydrogen-bond donors (Lipinski definition) is 2. The Kier molecular flexibility index (Phi) is 6.90. The van der Waals surface area contributed by atoms with Gasteiger partial charge in [-0.1, -0.05) is 24.3 Å². The molecule has 5 rings (SSSR count). The van der Waals surface area contributed by atoms with Crippen LogP contribution in [0.1, 0.15) is 25.3 Å². The van der Waals surface area contributed by atoms with Crippen molar-refractivity contribution >= 4 is 28.8 Å². The van der Waals surface area contributed by atoms with Gasteiger partial charge in [0.15, 0.2) is 5.65 Å². The summed E-state index contributed by atoms with van der Waals surface area (Å²) >= 11 is 0. The van der Waals surface area contributed by atoms with Crippen LogP contribution in [-0.4, -0.2) is 40.1 Å². The molecule has 202 valence electrons. The molecule has 8 nitrogen and oxygen atoms in total. The Hall–Kier alpha value is -4.54. The fourth-order valence-electron chi connectivity index (χ4n) is 5.03. The number of ether oxygens (including phenoxy) is 1. The zero-order valence-electron chi connectivity index (χ0n) is 21.1. The minimum absolute atomic E-state index is 0.0121. The highest BCUT2D eigenvalue weighted by Crippen LogP contribution is 2.33. The van der Waals surface area contributed by atoms with Crippen molar-refractivity contribution in [3.05, 3.63) is 78.6 Å². The second-order valence-corrected chi connectivity index (χ2v) is 9.49. The van der Waals surface area contributed by atoms with Crippen molar-refractivity contribution in [2.75, 3.05) is 17.2 Å².